The van der Waals surface area contributed by atoms with Crippen LogP contribution in [0.25, 0.3) is 0 Å². The van der Waals surface area contributed by atoms with E-state index >= 15 is 0 Å². The van der Waals surface area contributed by atoms with Gasteiger partial charge in [-0.25, -0.2) is 4.39 Å². The summed E-state index contributed by atoms with van der Waals surface area (Å²) in [6, 6.07) is 4.82. The Labute approximate surface area is 128 Å². The van der Waals surface area contributed by atoms with E-state index in [1.165, 1.54) is 37.5 Å². The standard InChI is InChI=1S/C15H18ClFN2S/c16-12-7-11(3-4-13(12)17)8-18-14-19-9-15(10-20-14)5-1-2-6-15/h3-4,7H,1-2,5-6,8-10H2,(H,18,19). The van der Waals surface area contributed by atoms with Crippen LogP contribution in [-0.2, 0) is 6.54 Å². The summed E-state index contributed by atoms with van der Waals surface area (Å²) in [5.41, 5.74) is 1.44. The average molecular weight is 313 g/mol. The van der Waals surface area contributed by atoms with Crippen LogP contribution in [-0.4, -0.2) is 17.5 Å². The summed E-state index contributed by atoms with van der Waals surface area (Å²) in [6.07, 6.45) is 5.36. The molecule has 1 fully saturated rings. The molecule has 0 aromatic heterocycles. The van der Waals surface area contributed by atoms with E-state index in [4.69, 9.17) is 11.6 Å². The molecule has 1 aromatic carbocycles. The van der Waals surface area contributed by atoms with Crippen molar-refractivity contribution in [1.82, 2.24) is 5.32 Å². The highest BCUT2D eigenvalue weighted by Crippen LogP contribution is 2.43. The molecule has 1 aromatic rings. The van der Waals surface area contributed by atoms with Gasteiger partial charge in [-0.05, 0) is 36.0 Å². The molecule has 0 bridgehead atoms. The van der Waals surface area contributed by atoms with Gasteiger partial charge in [0.05, 0.1) is 5.02 Å². The lowest BCUT2D eigenvalue weighted by molar-refractivity contribution is 0.358. The predicted octanol–water partition coefficient (Wildman–Crippen LogP) is 4.23. The molecule has 1 saturated carbocycles. The molecule has 1 aliphatic heterocycles. The van der Waals surface area contributed by atoms with Crippen LogP contribution < -0.4 is 5.32 Å². The van der Waals surface area contributed by atoms with Gasteiger partial charge in [0.25, 0.3) is 0 Å². The van der Waals surface area contributed by atoms with Crippen molar-refractivity contribution in [2.45, 2.75) is 32.2 Å². The molecule has 0 amide bonds. The number of nitrogens with zero attached hydrogens (tertiary/aromatic N) is 1. The van der Waals surface area contributed by atoms with Crippen molar-refractivity contribution in [3.63, 3.8) is 0 Å². The fourth-order valence-corrected chi connectivity index (χ4v) is 4.27. The van der Waals surface area contributed by atoms with Gasteiger partial charge < -0.3 is 5.32 Å². The Hall–Kier alpha value is -0.740. The summed E-state index contributed by atoms with van der Waals surface area (Å²) in [7, 11) is 0. The van der Waals surface area contributed by atoms with E-state index in [0.717, 1.165) is 17.3 Å². The fraction of sp³-hybridized carbons (Fsp3) is 0.533. The van der Waals surface area contributed by atoms with Gasteiger partial charge in [0.1, 0.15) is 5.82 Å². The van der Waals surface area contributed by atoms with Crippen molar-refractivity contribution in [2.24, 2.45) is 10.4 Å². The first-order valence-electron chi connectivity index (χ1n) is 7.02. The van der Waals surface area contributed by atoms with Crippen molar-refractivity contribution in [3.8, 4) is 0 Å². The van der Waals surface area contributed by atoms with E-state index in [2.05, 4.69) is 10.3 Å². The van der Waals surface area contributed by atoms with Crippen molar-refractivity contribution in [3.05, 3.63) is 34.6 Å². The Bertz CT molecular complexity index is 527. The topological polar surface area (TPSA) is 24.4 Å². The van der Waals surface area contributed by atoms with E-state index in [0.29, 0.717) is 12.0 Å². The van der Waals surface area contributed by atoms with E-state index in [1.54, 1.807) is 12.1 Å². The smallest absolute Gasteiger partial charge is 0.156 e. The van der Waals surface area contributed by atoms with Gasteiger partial charge in [0.2, 0.25) is 0 Å². The minimum Gasteiger partial charge on any atom is -0.361 e. The van der Waals surface area contributed by atoms with E-state index in [-0.39, 0.29) is 10.8 Å². The summed E-state index contributed by atoms with van der Waals surface area (Å²) in [6.45, 7) is 1.59. The Balaban J connectivity index is 1.56. The molecule has 108 valence electrons. The summed E-state index contributed by atoms with van der Waals surface area (Å²) in [5, 5.41) is 4.50. The van der Waals surface area contributed by atoms with Crippen molar-refractivity contribution in [1.29, 1.82) is 0 Å². The number of aliphatic imine (C=N–C) groups is 1. The van der Waals surface area contributed by atoms with Crippen LogP contribution in [0, 0.1) is 11.2 Å². The number of hydrogen-bond donors (Lipinski definition) is 1. The summed E-state index contributed by atoms with van der Waals surface area (Å²) >= 11 is 7.60. The molecule has 0 saturated heterocycles. The number of benzene rings is 1. The van der Waals surface area contributed by atoms with Crippen LogP contribution in [0.5, 0.6) is 0 Å². The maximum atomic E-state index is 13.1. The Kier molecular flexibility index (Phi) is 4.22. The number of halogens is 2. The lowest BCUT2D eigenvalue weighted by atomic mass is 9.89. The van der Waals surface area contributed by atoms with Crippen molar-refractivity contribution >= 4 is 28.5 Å². The summed E-state index contributed by atoms with van der Waals surface area (Å²) in [5.74, 6) is 0.797. The Morgan fingerprint density at radius 3 is 2.80 bits per heavy atom. The third kappa shape index (κ3) is 3.12. The molecular formula is C15H18ClFN2S. The molecule has 2 nitrogen and oxygen atoms in total. The highest BCUT2D eigenvalue weighted by molar-refractivity contribution is 8.13. The molecule has 3 rings (SSSR count). The van der Waals surface area contributed by atoms with Crippen molar-refractivity contribution < 1.29 is 4.39 Å². The minimum absolute atomic E-state index is 0.174. The lowest BCUT2D eigenvalue weighted by Crippen LogP contribution is -2.33. The minimum atomic E-state index is -0.372. The maximum Gasteiger partial charge on any atom is 0.156 e. The molecule has 1 heterocycles. The number of amidine groups is 1. The second kappa shape index (κ2) is 5.94. The van der Waals surface area contributed by atoms with Crippen LogP contribution >= 0.6 is 23.4 Å². The Morgan fingerprint density at radius 2 is 2.15 bits per heavy atom. The van der Waals surface area contributed by atoms with Crippen LogP contribution in [0.15, 0.2) is 23.2 Å². The second-order valence-corrected chi connectivity index (χ2v) is 7.09. The molecule has 1 spiro atoms. The number of rotatable bonds is 2. The molecular weight excluding hydrogens is 295 g/mol. The van der Waals surface area contributed by atoms with Crippen molar-refractivity contribution in [2.75, 3.05) is 12.3 Å². The first-order chi connectivity index (χ1) is 9.67. The normalized spacial score (nSPS) is 21.0. The summed E-state index contributed by atoms with van der Waals surface area (Å²) in [4.78, 5) is 4.68. The largest absolute Gasteiger partial charge is 0.361 e. The van der Waals surface area contributed by atoms with Gasteiger partial charge in [-0.15, -0.1) is 0 Å². The molecule has 0 unspecified atom stereocenters. The first-order valence-corrected chi connectivity index (χ1v) is 8.38. The number of nitrogens with one attached hydrogen (secondary N) is 1. The maximum absolute atomic E-state index is 13.1. The average Bonchev–Trinajstić information content (AvgIpc) is 2.90. The fourth-order valence-electron chi connectivity index (χ4n) is 2.91. The molecule has 1 aliphatic carbocycles. The third-order valence-electron chi connectivity index (χ3n) is 4.17. The SMILES string of the molecule is Fc1ccc(CNC2=NCC3(CCCC3)CS2)cc1Cl. The third-order valence-corrected chi connectivity index (χ3v) is 5.76. The van der Waals surface area contributed by atoms with Gasteiger partial charge in [0, 0.05) is 18.8 Å². The first kappa shape index (κ1) is 14.2. The van der Waals surface area contributed by atoms with E-state index < -0.39 is 0 Å². The predicted molar refractivity (Wildman–Crippen MR) is 83.9 cm³/mol. The highest BCUT2D eigenvalue weighted by Gasteiger charge is 2.36. The summed E-state index contributed by atoms with van der Waals surface area (Å²) < 4.78 is 13.1. The van der Waals surface area contributed by atoms with Gasteiger partial charge in [-0.1, -0.05) is 42.3 Å². The van der Waals surface area contributed by atoms with E-state index in [9.17, 15) is 4.39 Å². The van der Waals surface area contributed by atoms with Crippen LogP contribution in [0.4, 0.5) is 4.39 Å². The quantitative estimate of drug-likeness (QED) is 0.883. The van der Waals surface area contributed by atoms with Crippen LogP contribution in [0.2, 0.25) is 5.02 Å². The van der Waals surface area contributed by atoms with Gasteiger partial charge in [0.15, 0.2) is 5.17 Å². The molecule has 0 atom stereocenters. The molecule has 5 heteroatoms. The molecule has 20 heavy (non-hydrogen) atoms. The number of thioether (sulfide) groups is 1. The van der Waals surface area contributed by atoms with Gasteiger partial charge in [-0.3, -0.25) is 4.99 Å². The highest BCUT2D eigenvalue weighted by atomic mass is 35.5. The zero-order chi connectivity index (χ0) is 14.0. The zero-order valence-corrected chi connectivity index (χ0v) is 12.9. The molecule has 0 radical (unpaired) electrons. The van der Waals surface area contributed by atoms with Crippen LogP contribution in [0.1, 0.15) is 31.2 Å². The lowest BCUT2D eigenvalue weighted by Gasteiger charge is -2.31. The second-order valence-electron chi connectivity index (χ2n) is 5.72. The monoisotopic (exact) mass is 312 g/mol. The molecule has 1 N–H and O–H groups in total. The number of hydrogen-bond acceptors (Lipinski definition) is 3. The van der Waals surface area contributed by atoms with Gasteiger partial charge >= 0.3 is 0 Å². The van der Waals surface area contributed by atoms with Crippen LogP contribution in [0.3, 0.4) is 0 Å². The van der Waals surface area contributed by atoms with E-state index in [1.807, 2.05) is 11.8 Å². The van der Waals surface area contributed by atoms with Gasteiger partial charge in [-0.2, -0.15) is 0 Å². The molecule has 2 aliphatic rings. The Morgan fingerprint density at radius 1 is 1.35 bits per heavy atom. The zero-order valence-electron chi connectivity index (χ0n) is 11.3.